The van der Waals surface area contributed by atoms with Crippen LogP contribution in [0.15, 0.2) is 4.34 Å². The summed E-state index contributed by atoms with van der Waals surface area (Å²) in [5.41, 5.74) is 0. The fourth-order valence-electron chi connectivity index (χ4n) is 2.47. The van der Waals surface area contributed by atoms with Crippen molar-refractivity contribution in [1.82, 2.24) is 20.0 Å². The van der Waals surface area contributed by atoms with Crippen LogP contribution in [0.1, 0.15) is 25.3 Å². The van der Waals surface area contributed by atoms with Gasteiger partial charge in [0.2, 0.25) is 5.91 Å². The molecule has 1 amide bonds. The molecule has 1 fully saturated rings. The molecular formula is C14H24N4OS2. The second kappa shape index (κ2) is 8.10. The summed E-state index contributed by atoms with van der Waals surface area (Å²) >= 11 is 3.05. The first kappa shape index (κ1) is 16.7. The largest absolute Gasteiger partial charge is 0.341 e. The number of carbonyl (C=O) groups is 1. The first-order valence-electron chi connectivity index (χ1n) is 7.47. The van der Waals surface area contributed by atoms with E-state index in [4.69, 9.17) is 0 Å². The van der Waals surface area contributed by atoms with Crippen LogP contribution in [0.3, 0.4) is 0 Å². The lowest BCUT2D eigenvalue weighted by atomic mass is 10.2. The molecule has 0 unspecified atom stereocenters. The van der Waals surface area contributed by atoms with Crippen molar-refractivity contribution in [2.75, 3.05) is 38.5 Å². The van der Waals surface area contributed by atoms with Crippen molar-refractivity contribution >= 4 is 29.0 Å². The summed E-state index contributed by atoms with van der Waals surface area (Å²) in [6, 6.07) is 0. The van der Waals surface area contributed by atoms with E-state index in [0.717, 1.165) is 48.5 Å². The maximum absolute atomic E-state index is 12.3. The SMILES string of the molecule is Cc1nnc(SCC(=O)N2CCCN(CC(C)C)CC2)s1. The summed E-state index contributed by atoms with van der Waals surface area (Å²) in [6.07, 6.45) is 1.07. The van der Waals surface area contributed by atoms with Crippen molar-refractivity contribution < 1.29 is 4.79 Å². The average molecular weight is 329 g/mol. The van der Waals surface area contributed by atoms with Crippen LogP contribution in [0.25, 0.3) is 0 Å². The van der Waals surface area contributed by atoms with Crippen molar-refractivity contribution in [3.05, 3.63) is 5.01 Å². The summed E-state index contributed by atoms with van der Waals surface area (Å²) < 4.78 is 0.886. The minimum Gasteiger partial charge on any atom is -0.341 e. The summed E-state index contributed by atoms with van der Waals surface area (Å²) in [7, 11) is 0. The van der Waals surface area contributed by atoms with Gasteiger partial charge < -0.3 is 9.80 Å². The maximum atomic E-state index is 12.3. The third-order valence-corrected chi connectivity index (χ3v) is 5.35. The Kier molecular flexibility index (Phi) is 6.44. The Balaban J connectivity index is 1.77. The van der Waals surface area contributed by atoms with E-state index >= 15 is 0 Å². The molecule has 0 N–H and O–H groups in total. The van der Waals surface area contributed by atoms with Gasteiger partial charge in [0.15, 0.2) is 4.34 Å². The zero-order valence-electron chi connectivity index (χ0n) is 13.0. The molecule has 7 heteroatoms. The van der Waals surface area contributed by atoms with Crippen molar-refractivity contribution in [2.45, 2.75) is 31.5 Å². The van der Waals surface area contributed by atoms with Crippen LogP contribution in [0.4, 0.5) is 0 Å². The Morgan fingerprint density at radius 3 is 2.76 bits per heavy atom. The quantitative estimate of drug-likeness (QED) is 0.775. The molecule has 0 radical (unpaired) electrons. The van der Waals surface area contributed by atoms with E-state index in [2.05, 4.69) is 28.9 Å². The molecule has 0 aromatic carbocycles. The van der Waals surface area contributed by atoms with E-state index in [1.807, 2.05) is 11.8 Å². The third-order valence-electron chi connectivity index (χ3n) is 3.39. The van der Waals surface area contributed by atoms with Crippen LogP contribution in [0, 0.1) is 12.8 Å². The molecular weight excluding hydrogens is 304 g/mol. The minimum absolute atomic E-state index is 0.222. The van der Waals surface area contributed by atoms with Crippen molar-refractivity contribution in [3.8, 4) is 0 Å². The number of aryl methyl sites for hydroxylation is 1. The monoisotopic (exact) mass is 328 g/mol. The summed E-state index contributed by atoms with van der Waals surface area (Å²) in [4.78, 5) is 16.8. The van der Waals surface area contributed by atoms with Crippen LogP contribution in [-0.2, 0) is 4.79 Å². The highest BCUT2D eigenvalue weighted by molar-refractivity contribution is 8.01. The highest BCUT2D eigenvalue weighted by Crippen LogP contribution is 2.22. The molecule has 1 aliphatic heterocycles. The Hall–Kier alpha value is -0.660. The molecule has 1 aromatic rings. The molecule has 1 saturated heterocycles. The number of amides is 1. The lowest BCUT2D eigenvalue weighted by Crippen LogP contribution is -2.37. The zero-order chi connectivity index (χ0) is 15.2. The van der Waals surface area contributed by atoms with Gasteiger partial charge in [-0.05, 0) is 25.8 Å². The Bertz CT molecular complexity index is 464. The Morgan fingerprint density at radius 2 is 2.10 bits per heavy atom. The van der Waals surface area contributed by atoms with Crippen LogP contribution in [0.5, 0.6) is 0 Å². The van der Waals surface area contributed by atoms with E-state index in [-0.39, 0.29) is 5.91 Å². The normalized spacial score (nSPS) is 17.2. The number of aromatic nitrogens is 2. The fraction of sp³-hybridized carbons (Fsp3) is 0.786. The fourth-order valence-corrected chi connectivity index (χ4v) is 4.19. The number of hydrogen-bond donors (Lipinski definition) is 0. The average Bonchev–Trinajstić information content (AvgIpc) is 2.70. The van der Waals surface area contributed by atoms with Gasteiger partial charge in [0.1, 0.15) is 5.01 Å². The van der Waals surface area contributed by atoms with Crippen LogP contribution in [0.2, 0.25) is 0 Å². The highest BCUT2D eigenvalue weighted by atomic mass is 32.2. The number of hydrogen-bond acceptors (Lipinski definition) is 6. The molecule has 0 atom stereocenters. The molecule has 2 heterocycles. The second-order valence-electron chi connectivity index (χ2n) is 5.80. The lowest BCUT2D eigenvalue weighted by molar-refractivity contribution is -0.128. The first-order valence-corrected chi connectivity index (χ1v) is 9.28. The van der Waals surface area contributed by atoms with Gasteiger partial charge in [-0.3, -0.25) is 4.79 Å². The molecule has 118 valence electrons. The number of rotatable bonds is 5. The van der Waals surface area contributed by atoms with Gasteiger partial charge in [0, 0.05) is 26.2 Å². The van der Waals surface area contributed by atoms with Crippen LogP contribution < -0.4 is 0 Å². The highest BCUT2D eigenvalue weighted by Gasteiger charge is 2.19. The van der Waals surface area contributed by atoms with Gasteiger partial charge in [-0.15, -0.1) is 10.2 Å². The number of thioether (sulfide) groups is 1. The smallest absolute Gasteiger partial charge is 0.233 e. The number of carbonyl (C=O) groups excluding carboxylic acids is 1. The second-order valence-corrected chi connectivity index (χ2v) is 8.21. The minimum atomic E-state index is 0.222. The standard InChI is InChI=1S/C14H24N4OS2/c1-11(2)9-17-5-4-6-18(8-7-17)13(19)10-20-14-16-15-12(3)21-14/h11H,4-10H2,1-3H3. The van der Waals surface area contributed by atoms with Crippen molar-refractivity contribution in [3.63, 3.8) is 0 Å². The van der Waals surface area contributed by atoms with E-state index in [1.54, 1.807) is 11.3 Å². The Morgan fingerprint density at radius 1 is 1.29 bits per heavy atom. The molecule has 0 saturated carbocycles. The van der Waals surface area contributed by atoms with E-state index in [1.165, 1.54) is 11.8 Å². The lowest BCUT2D eigenvalue weighted by Gasteiger charge is -2.23. The van der Waals surface area contributed by atoms with Gasteiger partial charge in [0.25, 0.3) is 0 Å². The van der Waals surface area contributed by atoms with Crippen molar-refractivity contribution in [2.24, 2.45) is 5.92 Å². The molecule has 21 heavy (non-hydrogen) atoms. The van der Waals surface area contributed by atoms with E-state index < -0.39 is 0 Å². The van der Waals surface area contributed by atoms with Gasteiger partial charge in [-0.25, -0.2) is 0 Å². The van der Waals surface area contributed by atoms with E-state index in [0.29, 0.717) is 11.7 Å². The Labute approximate surface area is 135 Å². The molecule has 0 bridgehead atoms. The van der Waals surface area contributed by atoms with Crippen LogP contribution >= 0.6 is 23.1 Å². The number of nitrogens with zero attached hydrogens (tertiary/aromatic N) is 4. The molecule has 5 nitrogen and oxygen atoms in total. The van der Waals surface area contributed by atoms with Gasteiger partial charge in [-0.1, -0.05) is 36.9 Å². The predicted octanol–water partition coefficient (Wildman–Crippen LogP) is 2.13. The van der Waals surface area contributed by atoms with Crippen molar-refractivity contribution in [1.29, 1.82) is 0 Å². The van der Waals surface area contributed by atoms with Gasteiger partial charge >= 0.3 is 0 Å². The molecule has 0 aliphatic carbocycles. The third kappa shape index (κ3) is 5.56. The molecule has 0 spiro atoms. The first-order chi connectivity index (χ1) is 10.0. The maximum Gasteiger partial charge on any atom is 0.233 e. The summed E-state index contributed by atoms with van der Waals surface area (Å²) in [5.74, 6) is 1.38. The van der Waals surface area contributed by atoms with Gasteiger partial charge in [0.05, 0.1) is 5.75 Å². The summed E-state index contributed by atoms with van der Waals surface area (Å²) in [6.45, 7) is 11.4. The molecule has 1 aromatic heterocycles. The molecule has 1 aliphatic rings. The zero-order valence-corrected chi connectivity index (χ0v) is 14.7. The molecule has 2 rings (SSSR count). The van der Waals surface area contributed by atoms with E-state index in [9.17, 15) is 4.79 Å². The van der Waals surface area contributed by atoms with Gasteiger partial charge in [-0.2, -0.15) is 0 Å². The topological polar surface area (TPSA) is 49.3 Å². The predicted molar refractivity (Wildman–Crippen MR) is 87.8 cm³/mol. The van der Waals surface area contributed by atoms with Crippen LogP contribution in [-0.4, -0.2) is 64.4 Å². The summed E-state index contributed by atoms with van der Waals surface area (Å²) in [5, 5.41) is 8.97.